The van der Waals surface area contributed by atoms with Crippen molar-refractivity contribution in [2.24, 2.45) is 0 Å². The molecule has 0 saturated carbocycles. The number of nitrogens with one attached hydrogen (secondary N) is 1. The number of carbonyl (C=O) groups excluding carboxylic acids is 2. The van der Waals surface area contributed by atoms with E-state index in [1.54, 1.807) is 29.2 Å². The maximum Gasteiger partial charge on any atom is 0.410 e. The highest BCUT2D eigenvalue weighted by atomic mass is 19.1. The van der Waals surface area contributed by atoms with E-state index in [0.29, 0.717) is 25.9 Å². The van der Waals surface area contributed by atoms with Crippen molar-refractivity contribution in [3.8, 4) is 0 Å². The summed E-state index contributed by atoms with van der Waals surface area (Å²) >= 11 is 0. The number of rotatable bonds is 9. The topological polar surface area (TPSA) is 61.9 Å². The summed E-state index contributed by atoms with van der Waals surface area (Å²) in [6, 6.07) is 12.4. The summed E-state index contributed by atoms with van der Waals surface area (Å²) in [5.41, 5.74) is 1.62. The zero-order valence-corrected chi connectivity index (χ0v) is 21.5. The molecule has 37 heavy (non-hydrogen) atoms. The SMILES string of the molecule is CCC(C(=O)NC1CCN(CCC(OC(=O)N2CCCC2)c2ccc(F)cc2)CC1)c1ccc(F)cc1. The lowest BCUT2D eigenvalue weighted by atomic mass is 9.94. The Kier molecular flexibility index (Phi) is 9.50. The Balaban J connectivity index is 1.27. The van der Waals surface area contributed by atoms with E-state index >= 15 is 0 Å². The molecular formula is C29H37F2N3O3. The van der Waals surface area contributed by atoms with Gasteiger partial charge in [-0.2, -0.15) is 0 Å². The maximum absolute atomic E-state index is 13.5. The fraction of sp³-hybridized carbons (Fsp3) is 0.517. The molecule has 200 valence electrons. The van der Waals surface area contributed by atoms with Crippen molar-refractivity contribution < 1.29 is 23.1 Å². The Hall–Kier alpha value is -3.00. The molecule has 0 bridgehead atoms. The summed E-state index contributed by atoms with van der Waals surface area (Å²) < 4.78 is 32.6. The van der Waals surface area contributed by atoms with Crippen LogP contribution in [0, 0.1) is 11.6 Å². The third-order valence-electron chi connectivity index (χ3n) is 7.49. The molecule has 1 N–H and O–H groups in total. The number of ether oxygens (including phenoxy) is 1. The lowest BCUT2D eigenvalue weighted by molar-refractivity contribution is -0.123. The average molecular weight is 514 g/mol. The van der Waals surface area contributed by atoms with Crippen LogP contribution in [0.5, 0.6) is 0 Å². The molecular weight excluding hydrogens is 476 g/mol. The summed E-state index contributed by atoms with van der Waals surface area (Å²) in [6.45, 7) is 5.79. The molecule has 0 spiro atoms. The maximum atomic E-state index is 13.5. The third kappa shape index (κ3) is 7.51. The minimum Gasteiger partial charge on any atom is -0.441 e. The smallest absolute Gasteiger partial charge is 0.410 e. The van der Waals surface area contributed by atoms with E-state index in [9.17, 15) is 18.4 Å². The number of amides is 2. The molecule has 2 atom stereocenters. The van der Waals surface area contributed by atoms with E-state index in [-0.39, 0.29) is 35.6 Å². The van der Waals surface area contributed by atoms with E-state index in [0.717, 1.165) is 56.4 Å². The standard InChI is InChI=1S/C29H37F2N3O3/c1-2-26(21-5-9-23(30)10-6-21)28(35)32-25-13-18-33(19-14-25)20-15-27(22-7-11-24(31)12-8-22)37-29(36)34-16-3-4-17-34/h5-12,25-27H,2-4,13-20H2,1H3,(H,32,35). The number of piperidine rings is 1. The molecule has 6 nitrogen and oxygen atoms in total. The van der Waals surface area contributed by atoms with Crippen molar-refractivity contribution in [1.82, 2.24) is 15.1 Å². The van der Waals surface area contributed by atoms with Crippen LogP contribution in [0.15, 0.2) is 48.5 Å². The molecule has 2 saturated heterocycles. The van der Waals surface area contributed by atoms with Gasteiger partial charge in [-0.05, 0) is 67.5 Å². The van der Waals surface area contributed by atoms with Gasteiger partial charge in [-0.1, -0.05) is 31.2 Å². The van der Waals surface area contributed by atoms with Crippen LogP contribution in [0.1, 0.15) is 68.6 Å². The average Bonchev–Trinajstić information content (AvgIpc) is 3.45. The Bertz CT molecular complexity index is 1020. The second-order valence-corrected chi connectivity index (χ2v) is 10.0. The fourth-order valence-electron chi connectivity index (χ4n) is 5.24. The second-order valence-electron chi connectivity index (χ2n) is 10.0. The van der Waals surface area contributed by atoms with Gasteiger partial charge in [0.1, 0.15) is 17.7 Å². The van der Waals surface area contributed by atoms with Gasteiger partial charge < -0.3 is 19.9 Å². The highest BCUT2D eigenvalue weighted by Gasteiger charge is 2.27. The van der Waals surface area contributed by atoms with Gasteiger partial charge in [-0.3, -0.25) is 4.79 Å². The normalized spacial score (nSPS) is 18.4. The fourth-order valence-corrected chi connectivity index (χ4v) is 5.24. The minimum absolute atomic E-state index is 0.0160. The molecule has 8 heteroatoms. The molecule has 2 fully saturated rings. The predicted octanol–water partition coefficient (Wildman–Crippen LogP) is 5.40. The van der Waals surface area contributed by atoms with Gasteiger partial charge in [0.25, 0.3) is 0 Å². The summed E-state index contributed by atoms with van der Waals surface area (Å²) in [5, 5.41) is 3.19. The molecule has 2 heterocycles. The van der Waals surface area contributed by atoms with Gasteiger partial charge in [0.15, 0.2) is 0 Å². The first-order valence-electron chi connectivity index (χ1n) is 13.4. The number of likely N-dealkylation sites (tertiary alicyclic amines) is 2. The Morgan fingerprint density at radius 1 is 0.919 bits per heavy atom. The van der Waals surface area contributed by atoms with Crippen LogP contribution in [0.3, 0.4) is 0 Å². The predicted molar refractivity (Wildman–Crippen MR) is 138 cm³/mol. The number of nitrogens with zero attached hydrogens (tertiary/aromatic N) is 2. The van der Waals surface area contributed by atoms with Gasteiger partial charge in [-0.15, -0.1) is 0 Å². The van der Waals surface area contributed by atoms with Crippen LogP contribution in [0.25, 0.3) is 0 Å². The van der Waals surface area contributed by atoms with Crippen molar-refractivity contribution in [2.45, 2.75) is 63.5 Å². The summed E-state index contributed by atoms with van der Waals surface area (Å²) in [7, 11) is 0. The Morgan fingerprint density at radius 3 is 2.05 bits per heavy atom. The Morgan fingerprint density at radius 2 is 1.49 bits per heavy atom. The van der Waals surface area contributed by atoms with E-state index in [2.05, 4.69) is 10.2 Å². The van der Waals surface area contributed by atoms with Crippen molar-refractivity contribution in [3.05, 3.63) is 71.3 Å². The van der Waals surface area contributed by atoms with E-state index < -0.39 is 6.10 Å². The lowest BCUT2D eigenvalue weighted by Gasteiger charge is -2.34. The van der Waals surface area contributed by atoms with E-state index in [4.69, 9.17) is 4.74 Å². The molecule has 0 aromatic heterocycles. The van der Waals surface area contributed by atoms with Gasteiger partial charge in [0, 0.05) is 45.2 Å². The molecule has 4 rings (SSSR count). The largest absolute Gasteiger partial charge is 0.441 e. The highest BCUT2D eigenvalue weighted by molar-refractivity contribution is 5.83. The zero-order valence-electron chi connectivity index (χ0n) is 21.5. The van der Waals surface area contributed by atoms with Crippen molar-refractivity contribution >= 4 is 12.0 Å². The van der Waals surface area contributed by atoms with E-state index in [1.165, 1.54) is 24.3 Å². The second kappa shape index (κ2) is 13.0. The van der Waals surface area contributed by atoms with Crippen LogP contribution >= 0.6 is 0 Å². The monoisotopic (exact) mass is 513 g/mol. The number of hydrogen-bond donors (Lipinski definition) is 1. The number of hydrogen-bond acceptors (Lipinski definition) is 4. The first-order chi connectivity index (χ1) is 17.9. The first kappa shape index (κ1) is 27.0. The molecule has 0 radical (unpaired) electrons. The lowest BCUT2D eigenvalue weighted by Crippen LogP contribution is -2.46. The zero-order chi connectivity index (χ0) is 26.2. The molecule has 2 aliphatic heterocycles. The summed E-state index contributed by atoms with van der Waals surface area (Å²) in [5.74, 6) is -0.931. The van der Waals surface area contributed by atoms with Crippen molar-refractivity contribution in [1.29, 1.82) is 0 Å². The van der Waals surface area contributed by atoms with Crippen LogP contribution in [-0.2, 0) is 9.53 Å². The summed E-state index contributed by atoms with van der Waals surface area (Å²) in [4.78, 5) is 29.6. The number of benzene rings is 2. The van der Waals surface area contributed by atoms with Crippen LogP contribution < -0.4 is 5.32 Å². The van der Waals surface area contributed by atoms with Crippen LogP contribution in [0.2, 0.25) is 0 Å². The van der Waals surface area contributed by atoms with Gasteiger partial charge in [0.2, 0.25) is 5.91 Å². The van der Waals surface area contributed by atoms with Crippen LogP contribution in [-0.4, -0.2) is 60.6 Å². The summed E-state index contributed by atoms with van der Waals surface area (Å²) in [6.07, 6.45) is 4.17. The van der Waals surface area contributed by atoms with Crippen LogP contribution in [0.4, 0.5) is 13.6 Å². The number of halogens is 2. The molecule has 2 aliphatic rings. The Labute approximate surface area is 218 Å². The van der Waals surface area contributed by atoms with Crippen molar-refractivity contribution in [2.75, 3.05) is 32.7 Å². The molecule has 2 aromatic rings. The highest BCUT2D eigenvalue weighted by Crippen LogP contribution is 2.26. The molecule has 2 aromatic carbocycles. The number of carbonyl (C=O) groups is 2. The van der Waals surface area contributed by atoms with Gasteiger partial charge in [0.05, 0.1) is 5.92 Å². The van der Waals surface area contributed by atoms with Gasteiger partial charge in [-0.25, -0.2) is 13.6 Å². The third-order valence-corrected chi connectivity index (χ3v) is 7.49. The molecule has 2 amide bonds. The molecule has 0 aliphatic carbocycles. The first-order valence-corrected chi connectivity index (χ1v) is 13.4. The minimum atomic E-state index is -0.438. The van der Waals surface area contributed by atoms with Gasteiger partial charge >= 0.3 is 6.09 Å². The van der Waals surface area contributed by atoms with Crippen molar-refractivity contribution in [3.63, 3.8) is 0 Å². The van der Waals surface area contributed by atoms with E-state index in [1.807, 2.05) is 6.92 Å². The quantitative estimate of drug-likeness (QED) is 0.488. The molecule has 2 unspecified atom stereocenters.